The van der Waals surface area contributed by atoms with E-state index in [1.807, 2.05) is 28.1 Å². The molecule has 0 aliphatic carbocycles. The molecule has 0 aliphatic heterocycles. The fourth-order valence-electron chi connectivity index (χ4n) is 1.20. The highest BCUT2D eigenvalue weighted by Gasteiger charge is 2.29. The average molecular weight is 196 g/mol. The molecule has 1 unspecified atom stereocenters. The monoisotopic (exact) mass is 196 g/mol. The first-order valence-corrected chi connectivity index (χ1v) is 5.82. The van der Waals surface area contributed by atoms with Crippen molar-refractivity contribution in [1.82, 2.24) is 0 Å². The van der Waals surface area contributed by atoms with E-state index in [1.165, 1.54) is 0 Å². The van der Waals surface area contributed by atoms with Gasteiger partial charge in [-0.15, -0.1) is 0 Å². The van der Waals surface area contributed by atoms with E-state index >= 15 is 0 Å². The Morgan fingerprint density at radius 1 is 1.33 bits per heavy atom. The molecular formula is C7H19NO3P+. The van der Waals surface area contributed by atoms with Gasteiger partial charge in [0, 0.05) is 0 Å². The van der Waals surface area contributed by atoms with Crippen LogP contribution >= 0.6 is 7.60 Å². The van der Waals surface area contributed by atoms with Gasteiger partial charge in [0.25, 0.3) is 0 Å². The zero-order valence-electron chi connectivity index (χ0n) is 8.19. The molecule has 0 bridgehead atoms. The summed E-state index contributed by atoms with van der Waals surface area (Å²) in [5.41, 5.74) is 0. The van der Waals surface area contributed by atoms with E-state index in [0.29, 0.717) is 4.48 Å². The van der Waals surface area contributed by atoms with Gasteiger partial charge >= 0.3 is 7.60 Å². The summed E-state index contributed by atoms with van der Waals surface area (Å²) in [6.07, 6.45) is 0.765. The second-order valence-corrected chi connectivity index (χ2v) is 5.72. The summed E-state index contributed by atoms with van der Waals surface area (Å²) in [5, 5.41) is 0. The second kappa shape index (κ2) is 3.88. The van der Waals surface area contributed by atoms with Crippen LogP contribution in [0.1, 0.15) is 13.3 Å². The molecule has 0 fully saturated rings. The van der Waals surface area contributed by atoms with Gasteiger partial charge in [0.05, 0.1) is 27.2 Å². The zero-order chi connectivity index (χ0) is 9.99. The lowest BCUT2D eigenvalue weighted by molar-refractivity contribution is -0.893. The Labute approximate surface area is 74.0 Å². The molecule has 0 aromatic carbocycles. The molecule has 0 heterocycles. The first-order valence-electron chi connectivity index (χ1n) is 4.02. The van der Waals surface area contributed by atoms with E-state index in [4.69, 9.17) is 9.79 Å². The van der Waals surface area contributed by atoms with Crippen molar-refractivity contribution >= 4 is 7.60 Å². The molecule has 4 nitrogen and oxygen atoms in total. The molecule has 2 N–H and O–H groups in total. The van der Waals surface area contributed by atoms with Gasteiger partial charge in [-0.2, -0.15) is 0 Å². The average Bonchev–Trinajstić information content (AvgIpc) is 1.78. The summed E-state index contributed by atoms with van der Waals surface area (Å²) in [6, 6.07) is 0.0332. The minimum absolute atomic E-state index is 0.0208. The molecule has 0 radical (unpaired) electrons. The largest absolute Gasteiger partial charge is 0.331 e. The van der Waals surface area contributed by atoms with Gasteiger partial charge in [0.1, 0.15) is 6.16 Å². The SMILES string of the molecule is CCC(CP(=O)(O)O)[N+](C)(C)C. The van der Waals surface area contributed by atoms with Gasteiger partial charge in [-0.05, 0) is 6.42 Å². The van der Waals surface area contributed by atoms with Crippen LogP contribution in [0.5, 0.6) is 0 Å². The lowest BCUT2D eigenvalue weighted by atomic mass is 10.2. The van der Waals surface area contributed by atoms with Crippen LogP contribution in [0.3, 0.4) is 0 Å². The maximum absolute atomic E-state index is 10.7. The van der Waals surface area contributed by atoms with Crippen molar-refractivity contribution < 1.29 is 18.8 Å². The van der Waals surface area contributed by atoms with E-state index in [0.717, 1.165) is 6.42 Å². The first kappa shape index (κ1) is 12.1. The van der Waals surface area contributed by atoms with Crippen LogP contribution in [-0.2, 0) is 4.57 Å². The van der Waals surface area contributed by atoms with E-state index in [-0.39, 0.29) is 12.2 Å². The van der Waals surface area contributed by atoms with Gasteiger partial charge in [0.15, 0.2) is 0 Å². The molecule has 74 valence electrons. The van der Waals surface area contributed by atoms with Crippen molar-refractivity contribution in [3.8, 4) is 0 Å². The van der Waals surface area contributed by atoms with Gasteiger partial charge in [-0.3, -0.25) is 4.57 Å². The minimum atomic E-state index is -3.85. The molecule has 0 aromatic heterocycles. The predicted molar refractivity (Wildman–Crippen MR) is 49.0 cm³/mol. The first-order chi connectivity index (χ1) is 5.17. The van der Waals surface area contributed by atoms with Crippen LogP contribution in [-0.4, -0.2) is 47.6 Å². The fraction of sp³-hybridized carbons (Fsp3) is 1.00. The summed E-state index contributed by atoms with van der Waals surface area (Å²) in [4.78, 5) is 17.6. The van der Waals surface area contributed by atoms with Gasteiger partial charge in [-0.1, -0.05) is 6.92 Å². The van der Waals surface area contributed by atoms with Crippen molar-refractivity contribution in [2.45, 2.75) is 19.4 Å². The highest BCUT2D eigenvalue weighted by atomic mass is 31.2. The van der Waals surface area contributed by atoms with Gasteiger partial charge in [-0.25, -0.2) is 0 Å². The van der Waals surface area contributed by atoms with Gasteiger partial charge in [0.2, 0.25) is 0 Å². The van der Waals surface area contributed by atoms with Crippen molar-refractivity contribution in [1.29, 1.82) is 0 Å². The molecule has 0 saturated carbocycles. The van der Waals surface area contributed by atoms with Crippen LogP contribution in [0.2, 0.25) is 0 Å². The molecule has 0 rings (SSSR count). The van der Waals surface area contributed by atoms with Crippen LogP contribution in [0.25, 0.3) is 0 Å². The minimum Gasteiger partial charge on any atom is -0.328 e. The smallest absolute Gasteiger partial charge is 0.328 e. The van der Waals surface area contributed by atoms with Crippen LogP contribution in [0.15, 0.2) is 0 Å². The third-order valence-electron chi connectivity index (χ3n) is 2.02. The summed E-state index contributed by atoms with van der Waals surface area (Å²) >= 11 is 0. The number of rotatable bonds is 4. The van der Waals surface area contributed by atoms with E-state index in [2.05, 4.69) is 0 Å². The normalized spacial score (nSPS) is 16.2. The Hall–Kier alpha value is 0.110. The molecule has 0 spiro atoms. The Bertz CT molecular complexity index is 182. The molecular weight excluding hydrogens is 177 g/mol. The molecule has 0 amide bonds. The van der Waals surface area contributed by atoms with Crippen LogP contribution in [0, 0.1) is 0 Å². The number of quaternary nitrogens is 1. The maximum Gasteiger partial charge on any atom is 0.331 e. The van der Waals surface area contributed by atoms with Crippen molar-refractivity contribution in [2.75, 3.05) is 27.3 Å². The number of hydrogen-bond acceptors (Lipinski definition) is 1. The zero-order valence-corrected chi connectivity index (χ0v) is 9.08. The van der Waals surface area contributed by atoms with E-state index in [9.17, 15) is 4.57 Å². The summed E-state index contributed by atoms with van der Waals surface area (Å²) in [6.45, 7) is 1.95. The maximum atomic E-state index is 10.7. The van der Waals surface area contributed by atoms with Crippen molar-refractivity contribution in [2.24, 2.45) is 0 Å². The summed E-state index contributed by atoms with van der Waals surface area (Å²) < 4.78 is 11.3. The predicted octanol–water partition coefficient (Wildman–Crippen LogP) is 0.649. The highest BCUT2D eigenvalue weighted by molar-refractivity contribution is 7.51. The Kier molecular flexibility index (Phi) is 3.91. The Morgan fingerprint density at radius 2 is 1.75 bits per heavy atom. The lowest BCUT2D eigenvalue weighted by Gasteiger charge is -2.33. The standard InChI is InChI=1S/C7H18NO3P/c1-5-7(8(2,3)4)6-12(9,10)11/h7H,5-6H2,1-4H3,(H-,9,10,11)/p+1. The topological polar surface area (TPSA) is 57.5 Å². The molecule has 0 aromatic rings. The van der Waals surface area contributed by atoms with Crippen LogP contribution < -0.4 is 0 Å². The highest BCUT2D eigenvalue weighted by Crippen LogP contribution is 2.37. The van der Waals surface area contributed by atoms with E-state index in [1.54, 1.807) is 0 Å². The fourth-order valence-corrected chi connectivity index (χ4v) is 2.49. The molecule has 1 atom stereocenters. The second-order valence-electron chi connectivity index (χ2n) is 4.03. The summed E-state index contributed by atoms with van der Waals surface area (Å²) in [5.74, 6) is 0. The molecule has 0 aliphatic rings. The number of nitrogens with zero attached hydrogens (tertiary/aromatic N) is 1. The Balaban J connectivity index is 4.30. The quantitative estimate of drug-likeness (QED) is 0.512. The van der Waals surface area contributed by atoms with Crippen molar-refractivity contribution in [3.63, 3.8) is 0 Å². The molecule has 5 heteroatoms. The van der Waals surface area contributed by atoms with Crippen molar-refractivity contribution in [3.05, 3.63) is 0 Å². The van der Waals surface area contributed by atoms with Gasteiger partial charge < -0.3 is 14.3 Å². The van der Waals surface area contributed by atoms with E-state index < -0.39 is 7.60 Å². The molecule has 0 saturated heterocycles. The van der Waals surface area contributed by atoms with Crippen LogP contribution in [0.4, 0.5) is 0 Å². The molecule has 12 heavy (non-hydrogen) atoms. The third-order valence-corrected chi connectivity index (χ3v) is 2.91. The number of hydrogen-bond donors (Lipinski definition) is 2. The third kappa shape index (κ3) is 4.88. The summed E-state index contributed by atoms with van der Waals surface area (Å²) in [7, 11) is 1.99. The Morgan fingerprint density at radius 3 is 1.83 bits per heavy atom. The lowest BCUT2D eigenvalue weighted by Crippen LogP contribution is -2.46.